The second-order valence-electron chi connectivity index (χ2n) is 19.9. The number of halogens is 2. The number of hydrogen-bond acceptors (Lipinski definition) is 17. The molecule has 25 heteroatoms. The normalized spacial score (nSPS) is 22.3. The van der Waals surface area contributed by atoms with Crippen LogP contribution in [0.25, 0.3) is 16.6 Å². The average Bonchev–Trinajstić information content (AvgIpc) is 4.01. The molecule has 11 rings (SSSR count). The minimum atomic E-state index is -4.26. The maximum absolute atomic E-state index is 15.2. The minimum Gasteiger partial charge on any atom is -0.453 e. The van der Waals surface area contributed by atoms with Gasteiger partial charge in [-0.05, 0) is 80.1 Å². The summed E-state index contributed by atoms with van der Waals surface area (Å²) in [6.07, 6.45) is 5.20. The summed E-state index contributed by atoms with van der Waals surface area (Å²) in [4.78, 5) is 88.5. The Morgan fingerprint density at radius 3 is 2.28 bits per heavy atom. The fourth-order valence-corrected chi connectivity index (χ4v) is 12.2. The van der Waals surface area contributed by atoms with Crippen molar-refractivity contribution in [2.24, 2.45) is 5.92 Å². The number of imide groups is 2. The predicted octanol–water partition coefficient (Wildman–Crippen LogP) is 2.82. The number of carbonyl (C=O) groups is 4. The van der Waals surface area contributed by atoms with Crippen LogP contribution in [0.5, 0.6) is 11.5 Å². The molecule has 0 aliphatic carbocycles. The number of nitrogens with one attached hydrogen (secondary N) is 2. The van der Waals surface area contributed by atoms with Crippen LogP contribution in [0.1, 0.15) is 58.4 Å². The minimum absolute atomic E-state index is 0.0247. The van der Waals surface area contributed by atoms with E-state index in [4.69, 9.17) is 9.47 Å². The Labute approximate surface area is 435 Å². The molecule has 0 saturated carbocycles. The number of carbonyl (C=O) groups excluding carboxylic acids is 4. The van der Waals surface area contributed by atoms with Crippen LogP contribution in [-0.2, 0) is 24.5 Å². The summed E-state index contributed by atoms with van der Waals surface area (Å²) in [5, 5.41) is 12.3. The molecule has 2 N–H and O–H groups in total. The van der Waals surface area contributed by atoms with E-state index in [1.54, 1.807) is 18.2 Å². The first-order valence-electron chi connectivity index (χ1n) is 25.3. The molecule has 0 radical (unpaired) electrons. The first kappa shape index (κ1) is 50.6. The SMILES string of the molecule is N#Cc1c(NS(=O)(=O)N2CC[C@@H](F)C2)ccc(F)c1Oc1ccc2ncn(-c3cnc(N4CCOC(CN5CCN(CC6CCN(c7ccc8c(c7)C(=O)N(C7CCC(=O)NC7=O)C8=O)CC6)CC5)C4)nc3)c(=O)c2c1. The monoisotopic (exact) mass is 1060 g/mol. The second-order valence-corrected chi connectivity index (χ2v) is 21.5. The van der Waals surface area contributed by atoms with Gasteiger partial charge in [-0.25, -0.2) is 23.7 Å². The third kappa shape index (κ3) is 10.2. The summed E-state index contributed by atoms with van der Waals surface area (Å²) < 4.78 is 71.3. The first-order chi connectivity index (χ1) is 36.7. The maximum atomic E-state index is 15.2. The van der Waals surface area contributed by atoms with Gasteiger partial charge in [0.25, 0.3) is 17.4 Å². The zero-order chi connectivity index (χ0) is 52.8. The number of piperazine rings is 1. The van der Waals surface area contributed by atoms with Gasteiger partial charge in [0.2, 0.25) is 17.8 Å². The number of hydrogen-bond donors (Lipinski definition) is 2. The van der Waals surface area contributed by atoms with E-state index in [9.17, 15) is 42.0 Å². The van der Waals surface area contributed by atoms with Crippen molar-refractivity contribution >= 4 is 62.1 Å². The highest BCUT2D eigenvalue weighted by atomic mass is 32.2. The molecule has 2 aromatic heterocycles. The standard InChI is InChI=1S/C51H53F2N13O9S/c52-32-11-14-64(27-32)76(72,73)59-43-6-4-41(53)46(40(43)23-54)75-35-2-5-42-39(22-35)48(69)65(30-57-42)34-24-55-51(56-25-34)63-19-20-74-36(29-63)28-61-17-15-60(16-18-61)26-31-9-12-62(13-10-31)33-1-3-37-38(21-33)50(71)66(49(37)70)44-7-8-45(67)58-47(44)68/h1-6,21-22,24-25,30-32,36,44,59H,7-20,26-29H2,(H,58,67,68)/t32-,36?,44?/m1/s1. The molecule has 8 heterocycles. The van der Waals surface area contributed by atoms with Gasteiger partial charge in [-0.1, -0.05) is 0 Å². The fraction of sp³-hybridized carbons (Fsp3) is 0.431. The number of benzene rings is 3. The molecule has 2 unspecified atom stereocenters. The van der Waals surface area contributed by atoms with E-state index in [1.807, 2.05) is 6.07 Å². The number of amides is 4. The van der Waals surface area contributed by atoms with Crippen LogP contribution in [0.15, 0.2) is 72.0 Å². The lowest BCUT2D eigenvalue weighted by atomic mass is 9.95. The quantitative estimate of drug-likeness (QED) is 0.161. The Morgan fingerprint density at radius 2 is 1.55 bits per heavy atom. The Morgan fingerprint density at radius 1 is 0.803 bits per heavy atom. The summed E-state index contributed by atoms with van der Waals surface area (Å²) in [6, 6.07) is 12.4. The van der Waals surface area contributed by atoms with E-state index in [0.29, 0.717) is 42.8 Å². The van der Waals surface area contributed by atoms with E-state index >= 15 is 4.39 Å². The summed E-state index contributed by atoms with van der Waals surface area (Å²) in [6.45, 7) is 8.32. The van der Waals surface area contributed by atoms with Crippen molar-refractivity contribution in [3.8, 4) is 23.3 Å². The van der Waals surface area contributed by atoms with Crippen LogP contribution in [0.4, 0.5) is 26.1 Å². The van der Waals surface area contributed by atoms with Crippen LogP contribution in [0.2, 0.25) is 0 Å². The van der Waals surface area contributed by atoms with Crippen LogP contribution in [0.3, 0.4) is 0 Å². The molecule has 396 valence electrons. The number of piperidine rings is 2. The van der Waals surface area contributed by atoms with Crippen molar-refractivity contribution in [1.29, 1.82) is 5.26 Å². The Bertz CT molecular complexity index is 3350. The van der Waals surface area contributed by atoms with Crippen molar-refractivity contribution in [3.05, 3.63) is 100 Å². The molecule has 5 aromatic rings. The Kier molecular flexibility index (Phi) is 13.9. The van der Waals surface area contributed by atoms with Crippen LogP contribution in [0, 0.1) is 23.1 Å². The second kappa shape index (κ2) is 20.9. The van der Waals surface area contributed by atoms with Gasteiger partial charge in [0.05, 0.1) is 58.5 Å². The number of alkyl halides is 1. The third-order valence-electron chi connectivity index (χ3n) is 15.0. The van der Waals surface area contributed by atoms with Gasteiger partial charge in [-0.15, -0.1) is 0 Å². The molecule has 0 spiro atoms. The number of rotatable bonds is 13. The molecule has 3 atom stereocenters. The van der Waals surface area contributed by atoms with Gasteiger partial charge in [0.15, 0.2) is 11.6 Å². The summed E-state index contributed by atoms with van der Waals surface area (Å²) in [5.74, 6) is -2.60. The number of nitrogens with zero attached hydrogens (tertiary/aromatic N) is 11. The molecular weight excluding hydrogens is 1010 g/mol. The van der Waals surface area contributed by atoms with Gasteiger partial charge in [-0.3, -0.25) is 48.4 Å². The van der Waals surface area contributed by atoms with Crippen molar-refractivity contribution < 1.29 is 45.9 Å². The molecule has 5 fully saturated rings. The fourth-order valence-electron chi connectivity index (χ4n) is 10.9. The van der Waals surface area contributed by atoms with Gasteiger partial charge < -0.3 is 24.2 Å². The highest BCUT2D eigenvalue weighted by Crippen LogP contribution is 2.36. The lowest BCUT2D eigenvalue weighted by molar-refractivity contribution is -0.136. The van der Waals surface area contributed by atoms with E-state index in [0.717, 1.165) is 92.2 Å². The summed E-state index contributed by atoms with van der Waals surface area (Å²) in [5.41, 5.74) is 0.871. The third-order valence-corrected chi connectivity index (χ3v) is 16.5. The maximum Gasteiger partial charge on any atom is 0.301 e. The van der Waals surface area contributed by atoms with E-state index < -0.39 is 68.7 Å². The largest absolute Gasteiger partial charge is 0.453 e. The van der Waals surface area contributed by atoms with Crippen LogP contribution >= 0.6 is 0 Å². The molecule has 3 aromatic carbocycles. The molecule has 4 amide bonds. The van der Waals surface area contributed by atoms with E-state index in [1.165, 1.54) is 41.5 Å². The number of ether oxygens (including phenoxy) is 2. The zero-order valence-electron chi connectivity index (χ0n) is 41.1. The summed E-state index contributed by atoms with van der Waals surface area (Å²) >= 11 is 0. The van der Waals surface area contributed by atoms with E-state index in [-0.39, 0.29) is 66.4 Å². The van der Waals surface area contributed by atoms with E-state index in [2.05, 4.69) is 44.6 Å². The molecular formula is C51H53F2N13O9S. The number of morpholine rings is 1. The highest BCUT2D eigenvalue weighted by Gasteiger charge is 2.45. The van der Waals surface area contributed by atoms with Crippen molar-refractivity contribution in [1.82, 2.24) is 43.8 Å². The topological polar surface area (TPSA) is 249 Å². The lowest BCUT2D eigenvalue weighted by Gasteiger charge is -2.41. The Balaban J connectivity index is 0.658. The molecule has 5 saturated heterocycles. The molecule has 0 bridgehead atoms. The van der Waals surface area contributed by atoms with Gasteiger partial charge in [0.1, 0.15) is 35.9 Å². The molecule has 6 aliphatic heterocycles. The average molecular weight is 1060 g/mol. The highest BCUT2D eigenvalue weighted by molar-refractivity contribution is 7.90. The molecule has 76 heavy (non-hydrogen) atoms. The number of anilines is 3. The smallest absolute Gasteiger partial charge is 0.301 e. The number of fused-ring (bicyclic) bond motifs is 2. The van der Waals surface area contributed by atoms with Gasteiger partial charge in [0, 0.05) is 90.6 Å². The van der Waals surface area contributed by atoms with Crippen molar-refractivity contribution in [2.45, 2.75) is 50.4 Å². The van der Waals surface area contributed by atoms with Gasteiger partial charge in [-0.2, -0.15) is 18.0 Å². The van der Waals surface area contributed by atoms with Crippen molar-refractivity contribution in [2.75, 3.05) is 99.7 Å². The predicted molar refractivity (Wildman–Crippen MR) is 271 cm³/mol. The lowest BCUT2D eigenvalue weighted by Crippen LogP contribution is -2.54. The van der Waals surface area contributed by atoms with Crippen molar-refractivity contribution in [3.63, 3.8) is 0 Å². The first-order valence-corrected chi connectivity index (χ1v) is 26.7. The van der Waals surface area contributed by atoms with Crippen LogP contribution in [-0.4, -0.2) is 174 Å². The Hall–Kier alpha value is -7.50. The van der Waals surface area contributed by atoms with Crippen LogP contribution < -0.4 is 30.1 Å². The van der Waals surface area contributed by atoms with Gasteiger partial charge >= 0.3 is 10.2 Å². The molecule has 6 aliphatic rings. The number of nitriles is 1. The summed E-state index contributed by atoms with van der Waals surface area (Å²) in [7, 11) is -4.26. The zero-order valence-corrected chi connectivity index (χ0v) is 42.0. The number of aromatic nitrogens is 4. The molecule has 22 nitrogen and oxygen atoms in total.